The maximum atomic E-state index is 11.3. The molecule has 1 aromatic heterocycles. The van der Waals surface area contributed by atoms with Gasteiger partial charge in [-0.3, -0.25) is 15.2 Å². The fraction of sp³-hybridized carbons (Fsp3) is 0.0769. The number of ether oxygens (including phenoxy) is 1. The Morgan fingerprint density at radius 2 is 1.90 bits per heavy atom. The van der Waals surface area contributed by atoms with Gasteiger partial charge < -0.3 is 4.74 Å². The van der Waals surface area contributed by atoms with Crippen molar-refractivity contribution in [1.29, 1.82) is 0 Å². The smallest absolute Gasteiger partial charge is 0.266 e. The monoisotopic (exact) mass is 345 g/mol. The van der Waals surface area contributed by atoms with Crippen molar-refractivity contribution < 1.29 is 9.53 Å². The lowest BCUT2D eigenvalue weighted by Gasteiger charge is -2.10. The summed E-state index contributed by atoms with van der Waals surface area (Å²) in [4.78, 5) is 15.4. The van der Waals surface area contributed by atoms with Crippen molar-refractivity contribution in [2.75, 3.05) is 0 Å². The average Bonchev–Trinajstić information content (AvgIpc) is 2.46. The van der Waals surface area contributed by atoms with Crippen LogP contribution in [-0.2, 0) is 6.61 Å². The molecule has 2 rings (SSSR count). The first-order valence-corrected chi connectivity index (χ1v) is 6.88. The SMILES string of the molecule is NNC(=O)c1ccc(COc2c(Cl)cc(Cl)cc2Cl)nc1. The van der Waals surface area contributed by atoms with E-state index in [0.29, 0.717) is 32.1 Å². The standard InChI is InChI=1S/C13H10Cl3N3O2/c14-8-3-10(15)12(11(16)4-8)21-6-9-2-1-7(5-18-9)13(20)19-17/h1-5H,6,17H2,(H,19,20). The van der Waals surface area contributed by atoms with E-state index in [9.17, 15) is 4.79 Å². The molecule has 1 amide bonds. The maximum Gasteiger partial charge on any atom is 0.266 e. The number of carbonyl (C=O) groups excluding carboxylic acids is 1. The molecular weight excluding hydrogens is 337 g/mol. The molecular formula is C13H10Cl3N3O2. The summed E-state index contributed by atoms with van der Waals surface area (Å²) < 4.78 is 5.53. The molecule has 0 radical (unpaired) electrons. The number of benzene rings is 1. The van der Waals surface area contributed by atoms with E-state index in [-0.39, 0.29) is 6.61 Å². The second kappa shape index (κ2) is 6.95. The number of nitrogen functional groups attached to an aromatic ring is 1. The summed E-state index contributed by atoms with van der Waals surface area (Å²) in [5.74, 6) is 4.94. The minimum atomic E-state index is -0.418. The van der Waals surface area contributed by atoms with E-state index in [0.717, 1.165) is 0 Å². The molecule has 0 saturated carbocycles. The summed E-state index contributed by atoms with van der Waals surface area (Å²) >= 11 is 17.8. The zero-order valence-electron chi connectivity index (χ0n) is 10.6. The van der Waals surface area contributed by atoms with Crippen LogP contribution in [0.15, 0.2) is 30.5 Å². The van der Waals surface area contributed by atoms with Gasteiger partial charge in [0, 0.05) is 11.2 Å². The van der Waals surface area contributed by atoms with Crippen LogP contribution in [0.3, 0.4) is 0 Å². The first kappa shape index (κ1) is 15.9. The lowest BCUT2D eigenvalue weighted by atomic mass is 10.2. The minimum Gasteiger partial charge on any atom is -0.484 e. The van der Waals surface area contributed by atoms with Gasteiger partial charge in [0.25, 0.3) is 5.91 Å². The van der Waals surface area contributed by atoms with Crippen LogP contribution in [-0.4, -0.2) is 10.9 Å². The zero-order valence-corrected chi connectivity index (χ0v) is 12.8. The van der Waals surface area contributed by atoms with Crippen LogP contribution in [0.1, 0.15) is 16.1 Å². The third-order valence-corrected chi connectivity index (χ3v) is 3.33. The second-order valence-corrected chi connectivity index (χ2v) is 5.25. The van der Waals surface area contributed by atoms with Gasteiger partial charge in [0.05, 0.1) is 21.3 Å². The van der Waals surface area contributed by atoms with Gasteiger partial charge >= 0.3 is 0 Å². The van der Waals surface area contributed by atoms with Gasteiger partial charge in [-0.25, -0.2) is 5.84 Å². The Morgan fingerprint density at radius 1 is 1.24 bits per heavy atom. The number of nitrogens with one attached hydrogen (secondary N) is 1. The Kier molecular flexibility index (Phi) is 5.25. The molecule has 0 saturated heterocycles. The van der Waals surface area contributed by atoms with Crippen molar-refractivity contribution in [3.63, 3.8) is 0 Å². The van der Waals surface area contributed by atoms with Crippen LogP contribution in [0.5, 0.6) is 5.75 Å². The predicted molar refractivity (Wildman–Crippen MR) is 81.7 cm³/mol. The van der Waals surface area contributed by atoms with Gasteiger partial charge in [0.2, 0.25) is 0 Å². The molecule has 1 aromatic carbocycles. The van der Waals surface area contributed by atoms with Gasteiger partial charge in [0.1, 0.15) is 6.61 Å². The highest BCUT2D eigenvalue weighted by Crippen LogP contribution is 2.36. The van der Waals surface area contributed by atoms with Crippen LogP contribution in [0.25, 0.3) is 0 Å². The zero-order chi connectivity index (χ0) is 15.4. The predicted octanol–water partition coefficient (Wildman–Crippen LogP) is 3.22. The minimum absolute atomic E-state index is 0.144. The molecule has 110 valence electrons. The molecule has 5 nitrogen and oxygen atoms in total. The van der Waals surface area contributed by atoms with Gasteiger partial charge in [-0.15, -0.1) is 0 Å². The molecule has 0 unspecified atom stereocenters. The Balaban J connectivity index is 2.08. The van der Waals surface area contributed by atoms with Crippen molar-refractivity contribution in [3.8, 4) is 5.75 Å². The van der Waals surface area contributed by atoms with Gasteiger partial charge in [0.15, 0.2) is 5.75 Å². The normalized spacial score (nSPS) is 10.3. The van der Waals surface area contributed by atoms with E-state index in [1.165, 1.54) is 18.3 Å². The number of hydrogen-bond donors (Lipinski definition) is 2. The average molecular weight is 347 g/mol. The van der Waals surface area contributed by atoms with Crippen molar-refractivity contribution in [2.24, 2.45) is 5.84 Å². The largest absolute Gasteiger partial charge is 0.484 e. The first-order chi connectivity index (χ1) is 10.0. The highest BCUT2D eigenvalue weighted by molar-refractivity contribution is 6.40. The van der Waals surface area contributed by atoms with Crippen LogP contribution in [0, 0.1) is 0 Å². The van der Waals surface area contributed by atoms with E-state index in [4.69, 9.17) is 45.4 Å². The molecule has 1 heterocycles. The summed E-state index contributed by atoms with van der Waals surface area (Å²) in [6.07, 6.45) is 1.39. The molecule has 3 N–H and O–H groups in total. The number of rotatable bonds is 4. The van der Waals surface area contributed by atoms with Crippen LogP contribution >= 0.6 is 34.8 Å². The Hall–Kier alpha value is -1.53. The van der Waals surface area contributed by atoms with E-state index < -0.39 is 5.91 Å². The van der Waals surface area contributed by atoms with E-state index in [2.05, 4.69) is 4.98 Å². The van der Waals surface area contributed by atoms with E-state index >= 15 is 0 Å². The number of hydrazine groups is 1. The number of hydrogen-bond acceptors (Lipinski definition) is 4. The summed E-state index contributed by atoms with van der Waals surface area (Å²) in [6.45, 7) is 0.144. The fourth-order valence-corrected chi connectivity index (χ4v) is 2.47. The van der Waals surface area contributed by atoms with Crippen LogP contribution in [0.2, 0.25) is 15.1 Å². The number of halogens is 3. The van der Waals surface area contributed by atoms with Gasteiger partial charge in [-0.1, -0.05) is 34.8 Å². The topological polar surface area (TPSA) is 77.2 Å². The quantitative estimate of drug-likeness (QED) is 0.506. The molecule has 0 fully saturated rings. The molecule has 8 heteroatoms. The number of pyridine rings is 1. The number of aromatic nitrogens is 1. The van der Waals surface area contributed by atoms with Crippen LogP contribution in [0.4, 0.5) is 0 Å². The Bertz CT molecular complexity index is 639. The summed E-state index contributed by atoms with van der Waals surface area (Å²) in [5.41, 5.74) is 2.97. The lowest BCUT2D eigenvalue weighted by Crippen LogP contribution is -2.30. The molecule has 0 aliphatic heterocycles. The second-order valence-electron chi connectivity index (χ2n) is 4.00. The fourth-order valence-electron chi connectivity index (χ4n) is 1.54. The molecule has 0 bridgehead atoms. The number of nitrogens with zero attached hydrogens (tertiary/aromatic N) is 1. The highest BCUT2D eigenvalue weighted by Gasteiger charge is 2.10. The Labute approximate surface area is 135 Å². The highest BCUT2D eigenvalue weighted by atomic mass is 35.5. The summed E-state index contributed by atoms with van der Waals surface area (Å²) in [5, 5.41) is 1.05. The van der Waals surface area contributed by atoms with Gasteiger partial charge in [-0.05, 0) is 24.3 Å². The summed E-state index contributed by atoms with van der Waals surface area (Å²) in [6, 6.07) is 6.29. The first-order valence-electron chi connectivity index (χ1n) is 5.74. The van der Waals surface area contributed by atoms with Crippen molar-refractivity contribution >= 4 is 40.7 Å². The third kappa shape index (κ3) is 3.98. The maximum absolute atomic E-state index is 11.3. The van der Waals surface area contributed by atoms with E-state index in [1.54, 1.807) is 12.1 Å². The molecule has 21 heavy (non-hydrogen) atoms. The number of nitrogens with two attached hydrogens (primary N) is 1. The molecule has 0 spiro atoms. The Morgan fingerprint density at radius 3 is 2.43 bits per heavy atom. The lowest BCUT2D eigenvalue weighted by molar-refractivity contribution is 0.0953. The molecule has 0 aliphatic carbocycles. The summed E-state index contributed by atoms with van der Waals surface area (Å²) in [7, 11) is 0. The van der Waals surface area contributed by atoms with Crippen LogP contribution < -0.4 is 16.0 Å². The van der Waals surface area contributed by atoms with Crippen molar-refractivity contribution in [1.82, 2.24) is 10.4 Å². The third-order valence-electron chi connectivity index (χ3n) is 2.55. The molecule has 0 aliphatic rings. The van der Waals surface area contributed by atoms with Crippen molar-refractivity contribution in [2.45, 2.75) is 6.61 Å². The number of carbonyl (C=O) groups is 1. The van der Waals surface area contributed by atoms with E-state index in [1.807, 2.05) is 5.43 Å². The van der Waals surface area contributed by atoms with Gasteiger partial charge in [-0.2, -0.15) is 0 Å². The number of amides is 1. The molecule has 0 atom stereocenters. The van der Waals surface area contributed by atoms with Crippen molar-refractivity contribution in [3.05, 3.63) is 56.8 Å². The molecule has 2 aromatic rings.